The van der Waals surface area contributed by atoms with Crippen LogP contribution in [0.4, 0.5) is 0 Å². The van der Waals surface area contributed by atoms with E-state index >= 15 is 0 Å². The van der Waals surface area contributed by atoms with Crippen LogP contribution in [0, 0.1) is 0 Å². The van der Waals surface area contributed by atoms with Crippen LogP contribution in [0.15, 0.2) is 88.8 Å². The third-order valence-corrected chi connectivity index (χ3v) is 8.31. The number of amides is 1. The Morgan fingerprint density at radius 2 is 1.61 bits per heavy atom. The van der Waals surface area contributed by atoms with E-state index in [1.165, 1.54) is 23.5 Å². The average molecular weight is 535 g/mol. The Morgan fingerprint density at radius 1 is 0.921 bits per heavy atom. The molecule has 4 rings (SSSR count). The molecule has 1 heterocycles. The van der Waals surface area contributed by atoms with E-state index in [0.717, 1.165) is 36.5 Å². The van der Waals surface area contributed by atoms with Gasteiger partial charge in [0.2, 0.25) is 15.9 Å². The summed E-state index contributed by atoms with van der Waals surface area (Å²) in [6.45, 7) is 2.54. The lowest BCUT2D eigenvalue weighted by molar-refractivity contribution is -0.130. The third kappa shape index (κ3) is 7.20. The molecule has 0 aromatic heterocycles. The van der Waals surface area contributed by atoms with Crippen LogP contribution < -0.4 is 10.1 Å². The first-order valence-corrected chi connectivity index (χ1v) is 14.2. The summed E-state index contributed by atoms with van der Waals surface area (Å²) < 4.78 is 32.9. The molecule has 1 amide bonds. The van der Waals surface area contributed by atoms with Gasteiger partial charge in [0.1, 0.15) is 17.3 Å². The van der Waals surface area contributed by atoms with Crippen molar-refractivity contribution >= 4 is 21.8 Å². The van der Waals surface area contributed by atoms with Crippen LogP contribution in [0.1, 0.15) is 24.0 Å². The highest BCUT2D eigenvalue weighted by molar-refractivity contribution is 7.89. The number of para-hydroxylation sites is 1. The molecule has 8 nitrogen and oxygen atoms in total. The van der Waals surface area contributed by atoms with E-state index in [9.17, 15) is 13.2 Å². The molecule has 0 fully saturated rings. The summed E-state index contributed by atoms with van der Waals surface area (Å²) in [6, 6.07) is 23.9. The van der Waals surface area contributed by atoms with E-state index < -0.39 is 10.0 Å². The van der Waals surface area contributed by atoms with Crippen LogP contribution >= 0.6 is 0 Å². The molecule has 1 aliphatic heterocycles. The van der Waals surface area contributed by atoms with Crippen molar-refractivity contribution in [2.45, 2.75) is 24.2 Å². The number of hydrogen-bond donors (Lipinski definition) is 1. The SMILES string of the molecule is CN(CCc1ccc(C2=NCCN2)cc1)C(=O)CCCN(C)S(=O)(=O)c1ccc(Oc2ccccc2)cc1. The van der Waals surface area contributed by atoms with Gasteiger partial charge in [-0.25, -0.2) is 12.7 Å². The van der Waals surface area contributed by atoms with Crippen LogP contribution in [0.3, 0.4) is 0 Å². The molecule has 0 atom stereocenters. The maximum Gasteiger partial charge on any atom is 0.242 e. The number of sulfonamides is 1. The third-order valence-electron chi connectivity index (χ3n) is 6.44. The monoisotopic (exact) mass is 534 g/mol. The zero-order chi connectivity index (χ0) is 27.0. The molecular weight excluding hydrogens is 500 g/mol. The molecule has 0 radical (unpaired) electrons. The van der Waals surface area contributed by atoms with Crippen molar-refractivity contribution in [3.8, 4) is 11.5 Å². The Bertz CT molecular complexity index is 1340. The molecule has 3 aromatic carbocycles. The van der Waals surface area contributed by atoms with Gasteiger partial charge in [0.15, 0.2) is 0 Å². The van der Waals surface area contributed by atoms with Crippen LogP contribution in [-0.2, 0) is 21.2 Å². The molecular formula is C29H34N4O4S. The molecule has 0 saturated carbocycles. The maximum atomic E-state index is 13.0. The van der Waals surface area contributed by atoms with Gasteiger partial charge in [-0.3, -0.25) is 9.79 Å². The van der Waals surface area contributed by atoms with Gasteiger partial charge in [-0.2, -0.15) is 0 Å². The summed E-state index contributed by atoms with van der Waals surface area (Å²) >= 11 is 0. The summed E-state index contributed by atoms with van der Waals surface area (Å²) in [5.41, 5.74) is 2.23. The molecule has 0 aliphatic carbocycles. The van der Waals surface area contributed by atoms with Crippen molar-refractivity contribution in [2.75, 3.05) is 40.3 Å². The fourth-order valence-electron chi connectivity index (χ4n) is 4.09. The summed E-state index contributed by atoms with van der Waals surface area (Å²) in [5, 5.41) is 3.26. The molecule has 38 heavy (non-hydrogen) atoms. The van der Waals surface area contributed by atoms with E-state index in [0.29, 0.717) is 24.5 Å². The summed E-state index contributed by atoms with van der Waals surface area (Å²) in [5.74, 6) is 2.17. The van der Waals surface area contributed by atoms with Crippen molar-refractivity contribution in [2.24, 2.45) is 4.99 Å². The van der Waals surface area contributed by atoms with E-state index in [-0.39, 0.29) is 23.8 Å². The standard InChI is InChI=1S/C29H34N4O4S/c1-32(22-18-23-10-12-24(13-11-23)29-30-19-20-31-29)28(34)9-6-21-33(2)38(35,36)27-16-14-26(15-17-27)37-25-7-4-3-5-8-25/h3-5,7-8,10-17H,6,9,18-22H2,1-2H3,(H,30,31). The van der Waals surface area contributed by atoms with E-state index in [1.54, 1.807) is 24.1 Å². The highest BCUT2D eigenvalue weighted by atomic mass is 32.2. The largest absolute Gasteiger partial charge is 0.457 e. The first kappa shape index (κ1) is 27.3. The second-order valence-corrected chi connectivity index (χ2v) is 11.3. The lowest BCUT2D eigenvalue weighted by Gasteiger charge is -2.20. The van der Waals surface area contributed by atoms with Gasteiger partial charge in [-0.15, -0.1) is 0 Å². The van der Waals surface area contributed by atoms with Gasteiger partial charge < -0.3 is 15.0 Å². The van der Waals surface area contributed by atoms with Gasteiger partial charge in [0, 0.05) is 45.7 Å². The number of aliphatic imine (C=N–C) groups is 1. The molecule has 3 aromatic rings. The molecule has 0 saturated heterocycles. The van der Waals surface area contributed by atoms with Crippen LogP contribution in [0.2, 0.25) is 0 Å². The Kier molecular flexibility index (Phi) is 9.15. The van der Waals surface area contributed by atoms with E-state index in [2.05, 4.69) is 34.6 Å². The van der Waals surface area contributed by atoms with Gasteiger partial charge in [0.05, 0.1) is 11.4 Å². The quantitative estimate of drug-likeness (QED) is 0.380. The number of nitrogens with zero attached hydrogens (tertiary/aromatic N) is 3. The Morgan fingerprint density at radius 3 is 2.26 bits per heavy atom. The van der Waals surface area contributed by atoms with Crippen LogP contribution in [0.5, 0.6) is 11.5 Å². The van der Waals surface area contributed by atoms with E-state index in [1.807, 2.05) is 30.3 Å². The van der Waals surface area contributed by atoms with Crippen molar-refractivity contribution in [3.63, 3.8) is 0 Å². The fourth-order valence-corrected chi connectivity index (χ4v) is 5.30. The average Bonchev–Trinajstić information content (AvgIpc) is 3.48. The normalized spacial score (nSPS) is 13.2. The summed E-state index contributed by atoms with van der Waals surface area (Å²) in [6.07, 6.45) is 1.48. The minimum atomic E-state index is -3.66. The Labute approximate surface area is 225 Å². The van der Waals surface area contributed by atoms with Gasteiger partial charge in [-0.05, 0) is 54.8 Å². The number of likely N-dealkylation sites (N-methyl/N-ethyl adjacent to an activating group) is 1. The fraction of sp³-hybridized carbons (Fsp3) is 0.310. The van der Waals surface area contributed by atoms with Crippen LogP contribution in [-0.4, -0.2) is 69.6 Å². The van der Waals surface area contributed by atoms with Crippen molar-refractivity contribution < 1.29 is 17.9 Å². The minimum Gasteiger partial charge on any atom is -0.457 e. The van der Waals surface area contributed by atoms with Crippen molar-refractivity contribution in [1.29, 1.82) is 0 Å². The predicted octanol–water partition coefficient (Wildman–Crippen LogP) is 3.93. The highest BCUT2D eigenvalue weighted by Crippen LogP contribution is 2.24. The lowest BCUT2D eigenvalue weighted by atomic mass is 10.1. The first-order valence-electron chi connectivity index (χ1n) is 12.7. The predicted molar refractivity (Wildman–Crippen MR) is 149 cm³/mol. The number of nitrogens with one attached hydrogen (secondary N) is 1. The minimum absolute atomic E-state index is 0.000608. The molecule has 1 aliphatic rings. The number of rotatable bonds is 12. The first-order chi connectivity index (χ1) is 18.3. The van der Waals surface area contributed by atoms with Gasteiger partial charge in [0.25, 0.3) is 0 Å². The molecule has 9 heteroatoms. The second kappa shape index (κ2) is 12.7. The lowest BCUT2D eigenvalue weighted by Crippen LogP contribution is -2.31. The summed E-state index contributed by atoms with van der Waals surface area (Å²) in [7, 11) is -0.342. The van der Waals surface area contributed by atoms with Crippen molar-refractivity contribution in [3.05, 3.63) is 90.0 Å². The zero-order valence-corrected chi connectivity index (χ0v) is 22.7. The van der Waals surface area contributed by atoms with Gasteiger partial charge in [-0.1, -0.05) is 42.5 Å². The molecule has 0 bridgehead atoms. The second-order valence-electron chi connectivity index (χ2n) is 9.24. The smallest absolute Gasteiger partial charge is 0.242 e. The number of ether oxygens (including phenoxy) is 1. The molecule has 0 unspecified atom stereocenters. The van der Waals surface area contributed by atoms with Crippen molar-refractivity contribution in [1.82, 2.24) is 14.5 Å². The number of hydrogen-bond acceptors (Lipinski definition) is 6. The Balaban J connectivity index is 1.20. The zero-order valence-electron chi connectivity index (χ0n) is 21.8. The molecule has 200 valence electrons. The highest BCUT2D eigenvalue weighted by Gasteiger charge is 2.21. The Hall–Kier alpha value is -3.69. The topological polar surface area (TPSA) is 91.3 Å². The maximum absolute atomic E-state index is 13.0. The number of benzene rings is 3. The molecule has 0 spiro atoms. The number of carbonyl (C=O) groups is 1. The summed E-state index contributed by atoms with van der Waals surface area (Å²) in [4.78, 5) is 18.9. The van der Waals surface area contributed by atoms with Gasteiger partial charge >= 0.3 is 0 Å². The van der Waals surface area contributed by atoms with E-state index in [4.69, 9.17) is 4.74 Å². The number of carbonyl (C=O) groups excluding carboxylic acids is 1. The molecule has 1 N–H and O–H groups in total. The van der Waals surface area contributed by atoms with Crippen LogP contribution in [0.25, 0.3) is 0 Å². The number of amidine groups is 1.